The monoisotopic (exact) mass is 232 g/mol. The van der Waals surface area contributed by atoms with Crippen molar-refractivity contribution in [2.45, 2.75) is 23.7 Å². The normalized spacial score (nSPS) is 15.3. The Bertz CT molecular complexity index is 505. The Balaban J connectivity index is 1.93. The van der Waals surface area contributed by atoms with Crippen molar-refractivity contribution in [1.82, 2.24) is 10.2 Å². The Kier molecular flexibility index (Phi) is 2.44. The number of hydrogen-bond acceptors (Lipinski definition) is 4. The highest BCUT2D eigenvalue weighted by atomic mass is 32.2. The highest BCUT2D eigenvalue weighted by molar-refractivity contribution is 7.98. The third kappa shape index (κ3) is 1.85. The second-order valence-corrected chi connectivity index (χ2v) is 4.83. The van der Waals surface area contributed by atoms with E-state index in [4.69, 9.17) is 4.42 Å². The summed E-state index contributed by atoms with van der Waals surface area (Å²) >= 11 is 1.71. The van der Waals surface area contributed by atoms with Crippen molar-refractivity contribution < 1.29 is 4.42 Å². The van der Waals surface area contributed by atoms with E-state index in [1.165, 1.54) is 17.7 Å². The Labute approximate surface area is 98.3 Å². The lowest BCUT2D eigenvalue weighted by atomic mass is 10.2. The van der Waals surface area contributed by atoms with Crippen LogP contribution in [0.25, 0.3) is 11.5 Å². The van der Waals surface area contributed by atoms with E-state index in [0.717, 1.165) is 11.5 Å². The molecular weight excluding hydrogens is 220 g/mol. The van der Waals surface area contributed by atoms with Gasteiger partial charge >= 0.3 is 0 Å². The largest absolute Gasteiger partial charge is 0.420 e. The summed E-state index contributed by atoms with van der Waals surface area (Å²) < 4.78 is 5.66. The van der Waals surface area contributed by atoms with Crippen LogP contribution in [-0.4, -0.2) is 16.5 Å². The molecule has 0 radical (unpaired) electrons. The van der Waals surface area contributed by atoms with Gasteiger partial charge in [-0.1, -0.05) is 6.07 Å². The molecule has 1 heterocycles. The zero-order valence-corrected chi connectivity index (χ0v) is 9.83. The van der Waals surface area contributed by atoms with Gasteiger partial charge in [0, 0.05) is 16.4 Å². The van der Waals surface area contributed by atoms with Crippen LogP contribution in [0.5, 0.6) is 0 Å². The molecule has 1 aliphatic carbocycles. The summed E-state index contributed by atoms with van der Waals surface area (Å²) in [5.74, 6) is 1.95. The number of rotatable bonds is 3. The minimum atomic E-state index is 0.519. The maximum atomic E-state index is 5.66. The molecule has 3 nitrogen and oxygen atoms in total. The van der Waals surface area contributed by atoms with Crippen LogP contribution >= 0.6 is 11.8 Å². The maximum Gasteiger partial charge on any atom is 0.247 e. The topological polar surface area (TPSA) is 38.9 Å². The lowest BCUT2D eigenvalue weighted by Gasteiger charge is -1.98. The molecule has 0 amide bonds. The van der Waals surface area contributed by atoms with E-state index in [9.17, 15) is 0 Å². The van der Waals surface area contributed by atoms with Crippen molar-refractivity contribution in [3.8, 4) is 11.5 Å². The van der Waals surface area contributed by atoms with Crippen LogP contribution in [0.15, 0.2) is 33.6 Å². The van der Waals surface area contributed by atoms with Gasteiger partial charge in [-0.2, -0.15) is 0 Å². The lowest BCUT2D eigenvalue weighted by molar-refractivity contribution is 0.508. The van der Waals surface area contributed by atoms with Gasteiger partial charge in [0.15, 0.2) is 0 Å². The van der Waals surface area contributed by atoms with E-state index >= 15 is 0 Å². The van der Waals surface area contributed by atoms with Crippen LogP contribution < -0.4 is 0 Å². The molecule has 1 aromatic carbocycles. The van der Waals surface area contributed by atoms with Crippen molar-refractivity contribution >= 4 is 11.8 Å². The molecule has 0 N–H and O–H groups in total. The number of nitrogens with zero attached hydrogens (tertiary/aromatic N) is 2. The molecular formula is C12H12N2OS. The van der Waals surface area contributed by atoms with E-state index in [1.54, 1.807) is 11.8 Å². The molecule has 0 bridgehead atoms. The smallest absolute Gasteiger partial charge is 0.247 e. The average molecular weight is 232 g/mol. The van der Waals surface area contributed by atoms with Crippen LogP contribution in [0.1, 0.15) is 24.7 Å². The van der Waals surface area contributed by atoms with Crippen LogP contribution in [0.3, 0.4) is 0 Å². The fourth-order valence-electron chi connectivity index (χ4n) is 1.60. The fraction of sp³-hybridized carbons (Fsp3) is 0.333. The number of benzene rings is 1. The Morgan fingerprint density at radius 2 is 2.19 bits per heavy atom. The van der Waals surface area contributed by atoms with Crippen LogP contribution in [0.2, 0.25) is 0 Å². The molecule has 1 saturated carbocycles. The summed E-state index contributed by atoms with van der Waals surface area (Å²) in [6.07, 6.45) is 4.43. The lowest BCUT2D eigenvalue weighted by Crippen LogP contribution is -1.78. The first-order chi connectivity index (χ1) is 7.86. The van der Waals surface area contributed by atoms with Gasteiger partial charge < -0.3 is 4.42 Å². The maximum absolute atomic E-state index is 5.66. The standard InChI is InChI=1S/C12H12N2OS/c1-16-10-4-2-3-9(7-10)12-14-13-11(15-12)8-5-6-8/h2-4,7-8H,5-6H2,1H3. The Morgan fingerprint density at radius 3 is 2.94 bits per heavy atom. The van der Waals surface area contributed by atoms with E-state index < -0.39 is 0 Å². The summed E-state index contributed by atoms with van der Waals surface area (Å²) in [5, 5.41) is 8.18. The molecule has 0 aliphatic heterocycles. The molecule has 0 saturated heterocycles. The first kappa shape index (κ1) is 9.90. The first-order valence-corrected chi connectivity index (χ1v) is 6.57. The predicted molar refractivity (Wildman–Crippen MR) is 63.5 cm³/mol. The predicted octanol–water partition coefficient (Wildman–Crippen LogP) is 3.34. The molecule has 16 heavy (non-hydrogen) atoms. The summed E-state index contributed by atoms with van der Waals surface area (Å²) in [6.45, 7) is 0. The number of thioether (sulfide) groups is 1. The number of aromatic nitrogens is 2. The average Bonchev–Trinajstić information content (AvgIpc) is 3.07. The SMILES string of the molecule is CSc1cccc(-c2nnc(C3CC3)o2)c1. The fourth-order valence-corrected chi connectivity index (χ4v) is 2.06. The molecule has 4 heteroatoms. The van der Waals surface area contributed by atoms with Gasteiger partial charge in [-0.25, -0.2) is 0 Å². The highest BCUT2D eigenvalue weighted by Crippen LogP contribution is 2.40. The van der Waals surface area contributed by atoms with Gasteiger partial charge in [-0.05, 0) is 37.3 Å². The summed E-state index contributed by atoms with van der Waals surface area (Å²) in [7, 11) is 0. The van der Waals surface area contributed by atoms with Crippen molar-refractivity contribution in [3.05, 3.63) is 30.2 Å². The molecule has 82 valence electrons. The molecule has 1 aliphatic rings. The van der Waals surface area contributed by atoms with E-state index in [-0.39, 0.29) is 0 Å². The van der Waals surface area contributed by atoms with Crippen LogP contribution in [0, 0.1) is 0 Å². The minimum Gasteiger partial charge on any atom is -0.420 e. The molecule has 0 atom stereocenters. The Hall–Kier alpha value is -1.29. The summed E-state index contributed by atoms with van der Waals surface area (Å²) in [4.78, 5) is 1.21. The number of hydrogen-bond donors (Lipinski definition) is 0. The van der Waals surface area contributed by atoms with Gasteiger partial charge in [-0.15, -0.1) is 22.0 Å². The molecule has 1 aromatic heterocycles. The van der Waals surface area contributed by atoms with Gasteiger partial charge in [0.1, 0.15) is 0 Å². The zero-order valence-electron chi connectivity index (χ0n) is 9.01. The zero-order chi connectivity index (χ0) is 11.0. The van der Waals surface area contributed by atoms with Gasteiger partial charge in [0.05, 0.1) is 0 Å². The van der Waals surface area contributed by atoms with Crippen molar-refractivity contribution in [3.63, 3.8) is 0 Å². The highest BCUT2D eigenvalue weighted by Gasteiger charge is 2.29. The molecule has 1 fully saturated rings. The Morgan fingerprint density at radius 1 is 1.31 bits per heavy atom. The van der Waals surface area contributed by atoms with Crippen molar-refractivity contribution in [2.24, 2.45) is 0 Å². The van der Waals surface area contributed by atoms with Gasteiger partial charge in [0.25, 0.3) is 0 Å². The molecule has 0 unspecified atom stereocenters. The van der Waals surface area contributed by atoms with Crippen molar-refractivity contribution in [2.75, 3.05) is 6.26 Å². The first-order valence-electron chi connectivity index (χ1n) is 5.34. The van der Waals surface area contributed by atoms with E-state index in [2.05, 4.69) is 28.6 Å². The van der Waals surface area contributed by atoms with Crippen LogP contribution in [0.4, 0.5) is 0 Å². The van der Waals surface area contributed by atoms with E-state index in [1.807, 2.05) is 12.1 Å². The molecule has 3 rings (SSSR count). The minimum absolute atomic E-state index is 0.519. The second-order valence-electron chi connectivity index (χ2n) is 3.95. The van der Waals surface area contributed by atoms with Crippen molar-refractivity contribution in [1.29, 1.82) is 0 Å². The third-order valence-electron chi connectivity index (χ3n) is 2.68. The third-order valence-corrected chi connectivity index (χ3v) is 3.41. The van der Waals surface area contributed by atoms with E-state index in [0.29, 0.717) is 11.8 Å². The van der Waals surface area contributed by atoms with Gasteiger partial charge in [0.2, 0.25) is 11.8 Å². The quantitative estimate of drug-likeness (QED) is 0.761. The second kappa shape index (κ2) is 3.94. The van der Waals surface area contributed by atoms with Crippen LogP contribution in [-0.2, 0) is 0 Å². The van der Waals surface area contributed by atoms with Gasteiger partial charge in [-0.3, -0.25) is 0 Å². The summed E-state index contributed by atoms with van der Waals surface area (Å²) in [5.41, 5.74) is 1.01. The summed E-state index contributed by atoms with van der Waals surface area (Å²) in [6, 6.07) is 8.17. The molecule has 2 aromatic rings. The molecule has 0 spiro atoms.